The fourth-order valence-corrected chi connectivity index (χ4v) is 1.55. The second-order valence-electron chi connectivity index (χ2n) is 2.75. The molecular formula is C11H10BrClO2. The van der Waals surface area contributed by atoms with Gasteiger partial charge in [0.15, 0.2) is 0 Å². The summed E-state index contributed by atoms with van der Waals surface area (Å²) in [4.78, 5) is 11.1. The van der Waals surface area contributed by atoms with Gasteiger partial charge in [0.25, 0.3) is 0 Å². The molecule has 1 rings (SSSR count). The summed E-state index contributed by atoms with van der Waals surface area (Å²) in [5.41, 5.74) is 0.843. The summed E-state index contributed by atoms with van der Waals surface area (Å²) in [7, 11) is 0. The average molecular weight is 290 g/mol. The second-order valence-corrected chi connectivity index (χ2v) is 4.04. The van der Waals surface area contributed by atoms with Crippen molar-refractivity contribution in [2.24, 2.45) is 0 Å². The fraction of sp³-hybridized carbons (Fsp3) is 0.182. The highest BCUT2D eigenvalue weighted by Crippen LogP contribution is 2.22. The SMILES string of the molecule is CCOC(=O)C=Cc1cc(Cl)ccc1Br. The van der Waals surface area contributed by atoms with Gasteiger partial charge in [-0.25, -0.2) is 4.79 Å². The first kappa shape index (κ1) is 12.3. The lowest BCUT2D eigenvalue weighted by molar-refractivity contribution is -0.137. The summed E-state index contributed by atoms with van der Waals surface area (Å²) in [5.74, 6) is -0.357. The first-order valence-corrected chi connectivity index (χ1v) is 5.60. The Labute approximate surface area is 102 Å². The van der Waals surface area contributed by atoms with Crippen LogP contribution in [0.15, 0.2) is 28.7 Å². The molecule has 0 N–H and O–H groups in total. The zero-order valence-electron chi connectivity index (χ0n) is 8.17. The molecule has 0 aliphatic heterocycles. The van der Waals surface area contributed by atoms with Crippen LogP contribution in [0.3, 0.4) is 0 Å². The number of carbonyl (C=O) groups is 1. The molecule has 0 radical (unpaired) electrons. The van der Waals surface area contributed by atoms with Crippen LogP contribution >= 0.6 is 27.5 Å². The van der Waals surface area contributed by atoms with Crippen LogP contribution in [0.25, 0.3) is 6.08 Å². The van der Waals surface area contributed by atoms with Crippen molar-refractivity contribution in [1.82, 2.24) is 0 Å². The molecule has 2 nitrogen and oxygen atoms in total. The normalized spacial score (nSPS) is 10.6. The minimum Gasteiger partial charge on any atom is -0.463 e. The van der Waals surface area contributed by atoms with E-state index in [0.29, 0.717) is 11.6 Å². The van der Waals surface area contributed by atoms with Crippen molar-refractivity contribution in [3.8, 4) is 0 Å². The topological polar surface area (TPSA) is 26.3 Å². The van der Waals surface area contributed by atoms with E-state index in [1.165, 1.54) is 6.08 Å². The summed E-state index contributed by atoms with van der Waals surface area (Å²) >= 11 is 9.18. The van der Waals surface area contributed by atoms with E-state index in [1.807, 2.05) is 6.07 Å². The molecule has 0 aromatic heterocycles. The first-order chi connectivity index (χ1) is 7.13. The van der Waals surface area contributed by atoms with E-state index < -0.39 is 0 Å². The lowest BCUT2D eigenvalue weighted by atomic mass is 10.2. The quantitative estimate of drug-likeness (QED) is 0.627. The van der Waals surface area contributed by atoms with Crippen molar-refractivity contribution in [3.63, 3.8) is 0 Å². The molecule has 80 valence electrons. The minimum atomic E-state index is -0.357. The van der Waals surface area contributed by atoms with Gasteiger partial charge in [-0.2, -0.15) is 0 Å². The monoisotopic (exact) mass is 288 g/mol. The van der Waals surface area contributed by atoms with E-state index in [1.54, 1.807) is 25.1 Å². The van der Waals surface area contributed by atoms with Crippen LogP contribution in [0.2, 0.25) is 5.02 Å². The number of halogens is 2. The van der Waals surface area contributed by atoms with Crippen molar-refractivity contribution in [2.75, 3.05) is 6.61 Å². The van der Waals surface area contributed by atoms with E-state index in [-0.39, 0.29) is 5.97 Å². The first-order valence-electron chi connectivity index (χ1n) is 4.43. The van der Waals surface area contributed by atoms with Gasteiger partial charge < -0.3 is 4.74 Å². The molecule has 1 aromatic carbocycles. The molecule has 0 aliphatic rings. The molecule has 0 heterocycles. The summed E-state index contributed by atoms with van der Waals surface area (Å²) in [6.07, 6.45) is 3.04. The van der Waals surface area contributed by atoms with Crippen LogP contribution in [0.1, 0.15) is 12.5 Å². The van der Waals surface area contributed by atoms with Crippen LogP contribution in [-0.4, -0.2) is 12.6 Å². The van der Waals surface area contributed by atoms with Gasteiger partial charge in [-0.3, -0.25) is 0 Å². The zero-order chi connectivity index (χ0) is 11.3. The smallest absolute Gasteiger partial charge is 0.330 e. The summed E-state index contributed by atoms with van der Waals surface area (Å²) < 4.78 is 5.64. The molecule has 0 saturated carbocycles. The molecule has 0 amide bonds. The third-order valence-corrected chi connectivity index (χ3v) is 2.60. The minimum absolute atomic E-state index is 0.357. The highest BCUT2D eigenvalue weighted by atomic mass is 79.9. The van der Waals surface area contributed by atoms with Gasteiger partial charge in [-0.15, -0.1) is 0 Å². The van der Waals surface area contributed by atoms with Gasteiger partial charge in [0.2, 0.25) is 0 Å². The fourth-order valence-electron chi connectivity index (χ4n) is 0.991. The largest absolute Gasteiger partial charge is 0.463 e. The highest BCUT2D eigenvalue weighted by Gasteiger charge is 1.99. The third kappa shape index (κ3) is 4.06. The van der Waals surface area contributed by atoms with E-state index in [2.05, 4.69) is 15.9 Å². The van der Waals surface area contributed by atoms with Crippen molar-refractivity contribution in [1.29, 1.82) is 0 Å². The Morgan fingerprint density at radius 1 is 1.60 bits per heavy atom. The van der Waals surface area contributed by atoms with E-state index in [9.17, 15) is 4.79 Å². The molecule has 0 fully saturated rings. The van der Waals surface area contributed by atoms with Gasteiger partial charge in [0.05, 0.1) is 6.61 Å². The molecule has 0 atom stereocenters. The van der Waals surface area contributed by atoms with Crippen molar-refractivity contribution in [2.45, 2.75) is 6.92 Å². The van der Waals surface area contributed by atoms with Crippen LogP contribution in [0.5, 0.6) is 0 Å². The second kappa shape index (κ2) is 5.93. The molecular weight excluding hydrogens is 279 g/mol. The Morgan fingerprint density at radius 3 is 3.00 bits per heavy atom. The Hall–Kier alpha value is -0.800. The standard InChI is InChI=1S/C11H10BrClO2/c1-2-15-11(14)6-3-8-7-9(13)4-5-10(8)12/h3-7H,2H2,1H3. The maximum atomic E-state index is 11.1. The van der Waals surface area contributed by atoms with E-state index in [4.69, 9.17) is 16.3 Å². The molecule has 0 aliphatic carbocycles. The number of hydrogen-bond acceptors (Lipinski definition) is 2. The zero-order valence-corrected chi connectivity index (χ0v) is 10.5. The summed E-state index contributed by atoms with van der Waals surface area (Å²) in [6.45, 7) is 2.14. The predicted octanol–water partition coefficient (Wildman–Crippen LogP) is 3.68. The predicted molar refractivity (Wildman–Crippen MR) is 64.8 cm³/mol. The van der Waals surface area contributed by atoms with Gasteiger partial charge in [-0.1, -0.05) is 27.5 Å². The Morgan fingerprint density at radius 2 is 2.33 bits per heavy atom. The number of esters is 1. The van der Waals surface area contributed by atoms with E-state index >= 15 is 0 Å². The van der Waals surface area contributed by atoms with Crippen molar-refractivity contribution >= 4 is 39.6 Å². The summed E-state index contributed by atoms with van der Waals surface area (Å²) in [5, 5.41) is 0.627. The Kier molecular flexibility index (Phi) is 4.85. The van der Waals surface area contributed by atoms with Gasteiger partial charge >= 0.3 is 5.97 Å². The molecule has 0 unspecified atom stereocenters. The average Bonchev–Trinajstić information content (AvgIpc) is 2.20. The molecule has 0 bridgehead atoms. The number of benzene rings is 1. The number of rotatable bonds is 3. The van der Waals surface area contributed by atoms with Crippen LogP contribution < -0.4 is 0 Å². The van der Waals surface area contributed by atoms with Crippen molar-refractivity contribution in [3.05, 3.63) is 39.3 Å². The highest BCUT2D eigenvalue weighted by molar-refractivity contribution is 9.10. The third-order valence-electron chi connectivity index (χ3n) is 1.64. The van der Waals surface area contributed by atoms with Gasteiger partial charge in [-0.05, 0) is 36.8 Å². The number of hydrogen-bond donors (Lipinski definition) is 0. The van der Waals surface area contributed by atoms with Crippen LogP contribution in [0.4, 0.5) is 0 Å². The Balaban J connectivity index is 2.79. The number of carbonyl (C=O) groups excluding carboxylic acids is 1. The molecule has 0 spiro atoms. The van der Waals surface area contributed by atoms with Crippen molar-refractivity contribution < 1.29 is 9.53 Å². The molecule has 15 heavy (non-hydrogen) atoms. The Bertz CT molecular complexity index is 388. The lowest BCUT2D eigenvalue weighted by Gasteiger charge is -1.99. The number of ether oxygens (including phenoxy) is 1. The van der Waals surface area contributed by atoms with Gasteiger partial charge in [0, 0.05) is 15.6 Å². The van der Waals surface area contributed by atoms with E-state index in [0.717, 1.165) is 10.0 Å². The maximum Gasteiger partial charge on any atom is 0.330 e. The summed E-state index contributed by atoms with van der Waals surface area (Å²) in [6, 6.07) is 5.36. The maximum absolute atomic E-state index is 11.1. The van der Waals surface area contributed by atoms with Gasteiger partial charge in [0.1, 0.15) is 0 Å². The molecule has 0 saturated heterocycles. The molecule has 1 aromatic rings. The molecule has 4 heteroatoms. The van der Waals surface area contributed by atoms with Crippen LogP contribution in [0, 0.1) is 0 Å². The lowest BCUT2D eigenvalue weighted by Crippen LogP contribution is -1.98. The van der Waals surface area contributed by atoms with Crippen LogP contribution in [-0.2, 0) is 9.53 Å².